The molecule has 10 heteroatoms. The van der Waals surface area contributed by atoms with Gasteiger partial charge in [-0.15, -0.1) is 0 Å². The Balaban J connectivity index is 0.739. The summed E-state index contributed by atoms with van der Waals surface area (Å²) in [6, 6.07) is 67.5. The second-order valence-electron chi connectivity index (χ2n) is 21.7. The Morgan fingerprint density at radius 2 is 0.865 bits per heavy atom. The molecule has 8 aromatic carbocycles. The number of carbonyl (C=O) groups excluding carboxylic acids is 2. The first-order valence-electron chi connectivity index (χ1n) is 30.4. The molecule has 0 spiro atoms. The number of aryl methyl sites for hydroxylation is 1. The van der Waals surface area contributed by atoms with E-state index < -0.39 is 28.7 Å². The number of rotatable bonds is 28. The van der Waals surface area contributed by atoms with Crippen LogP contribution in [0.3, 0.4) is 0 Å². The molecule has 0 fully saturated rings. The van der Waals surface area contributed by atoms with Gasteiger partial charge in [-0.25, -0.2) is 9.59 Å². The Labute approximate surface area is 522 Å². The predicted molar refractivity (Wildman–Crippen MR) is 352 cm³/mol. The molecule has 0 aromatic heterocycles. The molecule has 2 aliphatic carbocycles. The van der Waals surface area contributed by atoms with E-state index in [4.69, 9.17) is 28.4 Å². The van der Waals surface area contributed by atoms with Crippen molar-refractivity contribution < 1.29 is 47.9 Å². The molecule has 0 heterocycles. The van der Waals surface area contributed by atoms with Crippen molar-refractivity contribution in [1.82, 2.24) is 0 Å². The number of hydrogen-bond donors (Lipinski definition) is 1. The minimum atomic E-state index is -1.28. The standard InChI is InChI=1S/C79H74O10/c1-5-8-9-10-19-49-84-50-51-85-62-41-35-60(36-42-62)79(73-27-17-13-23-68(73)69-24-14-18-28-74(69)79)61-39-45-64(46-40-61)87-53-55-89-77(83)70(65(7-3)76(81)82)47-31-57(20-6-2)32-48-75(80)88-54-52-86-63-43-37-59(38-44-63)78(58-33-29-56(4)30-34-58)71-25-15-11-21-66(71)67-22-12-16-26-72(67)78/h5-18,20-30,32-47H,19,31,48-55H2,1-4H3,(H,81,82)/b8-5-,10-9-,20-6-,57-32+,65-7+,70-47+. The minimum Gasteiger partial charge on any atom is -0.491 e. The van der Waals surface area contributed by atoms with Gasteiger partial charge < -0.3 is 33.5 Å². The van der Waals surface area contributed by atoms with Crippen LogP contribution in [0.2, 0.25) is 0 Å². The molecule has 0 saturated heterocycles. The number of hydrogen-bond acceptors (Lipinski definition) is 9. The van der Waals surface area contributed by atoms with Gasteiger partial charge in [0, 0.05) is 0 Å². The first-order chi connectivity index (χ1) is 43.6. The highest BCUT2D eigenvalue weighted by Crippen LogP contribution is 2.58. The molecule has 8 aromatic rings. The number of ether oxygens (including phenoxy) is 6. The highest BCUT2D eigenvalue weighted by Gasteiger charge is 2.47. The lowest BCUT2D eigenvalue weighted by Crippen LogP contribution is -2.28. The second-order valence-corrected chi connectivity index (χ2v) is 21.7. The zero-order valence-electron chi connectivity index (χ0n) is 50.9. The van der Waals surface area contributed by atoms with Gasteiger partial charge in [-0.2, -0.15) is 0 Å². The van der Waals surface area contributed by atoms with E-state index in [-0.39, 0.29) is 50.4 Å². The molecule has 0 aliphatic heterocycles. The van der Waals surface area contributed by atoms with Gasteiger partial charge in [0.2, 0.25) is 0 Å². The summed E-state index contributed by atoms with van der Waals surface area (Å²) < 4.78 is 35.3. The first-order valence-corrected chi connectivity index (χ1v) is 30.4. The molecule has 0 bridgehead atoms. The van der Waals surface area contributed by atoms with Gasteiger partial charge in [0.25, 0.3) is 0 Å². The van der Waals surface area contributed by atoms with Crippen LogP contribution in [-0.4, -0.2) is 69.3 Å². The number of carbonyl (C=O) groups is 3. The zero-order valence-corrected chi connectivity index (χ0v) is 50.9. The summed E-state index contributed by atoms with van der Waals surface area (Å²) in [5.74, 6) is -0.595. The van der Waals surface area contributed by atoms with Gasteiger partial charge in [-0.3, -0.25) is 4.79 Å². The summed E-state index contributed by atoms with van der Waals surface area (Å²) in [7, 11) is 0. The van der Waals surface area contributed by atoms with Gasteiger partial charge in [0.15, 0.2) is 0 Å². The molecular weight excluding hydrogens is 1110 g/mol. The van der Waals surface area contributed by atoms with E-state index in [1.54, 1.807) is 25.2 Å². The van der Waals surface area contributed by atoms with Crippen molar-refractivity contribution in [1.29, 1.82) is 0 Å². The highest BCUT2D eigenvalue weighted by atomic mass is 16.6. The number of carboxylic acids is 1. The summed E-state index contributed by atoms with van der Waals surface area (Å²) >= 11 is 0. The number of carboxylic acid groups (broad SMARTS) is 1. The van der Waals surface area contributed by atoms with Gasteiger partial charge >= 0.3 is 17.9 Å². The third-order valence-electron chi connectivity index (χ3n) is 16.3. The maximum absolute atomic E-state index is 13.7. The van der Waals surface area contributed by atoms with E-state index >= 15 is 0 Å². The maximum Gasteiger partial charge on any atom is 0.338 e. The summed E-state index contributed by atoms with van der Waals surface area (Å²) in [5.41, 5.74) is 14.3. The third kappa shape index (κ3) is 13.6. The quantitative estimate of drug-likeness (QED) is 0.0219. The minimum absolute atomic E-state index is 0.0107. The van der Waals surface area contributed by atoms with Crippen molar-refractivity contribution in [3.05, 3.63) is 316 Å². The first kappa shape index (κ1) is 62.0. The van der Waals surface area contributed by atoms with Crippen LogP contribution in [0.15, 0.2) is 266 Å². The lowest BCUT2D eigenvalue weighted by molar-refractivity contribution is -0.143. The molecule has 450 valence electrons. The van der Waals surface area contributed by atoms with Crippen LogP contribution in [0.1, 0.15) is 90.1 Å². The molecule has 10 nitrogen and oxygen atoms in total. The van der Waals surface area contributed by atoms with Crippen LogP contribution >= 0.6 is 0 Å². The van der Waals surface area contributed by atoms with E-state index in [2.05, 4.69) is 171 Å². The molecule has 2 aliphatic rings. The van der Waals surface area contributed by atoms with Gasteiger partial charge in [-0.05, 0) is 149 Å². The lowest BCUT2D eigenvalue weighted by Gasteiger charge is -2.34. The van der Waals surface area contributed by atoms with Crippen LogP contribution in [-0.2, 0) is 39.4 Å². The molecule has 0 atom stereocenters. The Morgan fingerprint density at radius 3 is 1.29 bits per heavy atom. The summed E-state index contributed by atoms with van der Waals surface area (Å²) in [4.78, 5) is 39.2. The molecule has 0 radical (unpaired) electrons. The Hall–Kier alpha value is -10.0. The number of allylic oxidation sites excluding steroid dienone is 8. The van der Waals surface area contributed by atoms with Crippen LogP contribution < -0.4 is 14.2 Å². The van der Waals surface area contributed by atoms with Crippen molar-refractivity contribution in [2.45, 2.75) is 57.8 Å². The molecule has 0 amide bonds. The number of esters is 2. The summed E-state index contributed by atoms with van der Waals surface area (Å²) in [5, 5.41) is 10.2. The van der Waals surface area contributed by atoms with Gasteiger partial charge in [0.05, 0.1) is 41.6 Å². The highest BCUT2D eigenvalue weighted by molar-refractivity contribution is 6.06. The van der Waals surface area contributed by atoms with E-state index in [1.807, 2.05) is 68.5 Å². The monoisotopic (exact) mass is 1180 g/mol. The van der Waals surface area contributed by atoms with Crippen LogP contribution in [0, 0.1) is 6.92 Å². The maximum atomic E-state index is 13.7. The molecule has 10 rings (SSSR count). The number of aliphatic carboxylic acids is 1. The fraction of sp³-hybridized carbons (Fsp3) is 0.203. The normalized spacial score (nSPS) is 13.9. The topological polar surface area (TPSA) is 127 Å². The Bertz CT molecular complexity index is 3860. The Kier molecular flexibility index (Phi) is 20.6. The fourth-order valence-corrected chi connectivity index (χ4v) is 12.3. The van der Waals surface area contributed by atoms with Crippen molar-refractivity contribution in [3.8, 4) is 39.5 Å². The summed E-state index contributed by atoms with van der Waals surface area (Å²) in [6.07, 6.45) is 17.2. The molecular formula is C79H74O10. The van der Waals surface area contributed by atoms with E-state index in [1.165, 1.54) is 45.5 Å². The van der Waals surface area contributed by atoms with E-state index in [9.17, 15) is 19.5 Å². The molecule has 0 unspecified atom stereocenters. The molecule has 1 N–H and O–H groups in total. The zero-order chi connectivity index (χ0) is 62.0. The largest absolute Gasteiger partial charge is 0.491 e. The van der Waals surface area contributed by atoms with Crippen molar-refractivity contribution in [2.75, 3.05) is 46.2 Å². The second kappa shape index (κ2) is 29.6. The average Bonchev–Trinajstić information content (AvgIpc) is 1.58. The van der Waals surface area contributed by atoms with Gasteiger partial charge in [0.1, 0.15) is 50.3 Å². The molecule has 0 saturated carbocycles. The average molecular weight is 1180 g/mol. The van der Waals surface area contributed by atoms with E-state index in [0.717, 1.165) is 51.1 Å². The van der Waals surface area contributed by atoms with Crippen molar-refractivity contribution in [3.63, 3.8) is 0 Å². The predicted octanol–water partition coefficient (Wildman–Crippen LogP) is 16.4. The van der Waals surface area contributed by atoms with Crippen molar-refractivity contribution >= 4 is 17.9 Å². The Morgan fingerprint density at radius 1 is 0.438 bits per heavy atom. The van der Waals surface area contributed by atoms with Gasteiger partial charge in [-0.1, -0.05) is 218 Å². The lowest BCUT2D eigenvalue weighted by atomic mass is 9.67. The smallest absolute Gasteiger partial charge is 0.338 e. The fourth-order valence-electron chi connectivity index (χ4n) is 12.3. The van der Waals surface area contributed by atoms with E-state index in [0.29, 0.717) is 36.9 Å². The van der Waals surface area contributed by atoms with Crippen LogP contribution in [0.5, 0.6) is 17.2 Å². The molecule has 89 heavy (non-hydrogen) atoms. The third-order valence-corrected chi connectivity index (χ3v) is 16.3. The number of fused-ring (bicyclic) bond motifs is 6. The van der Waals surface area contributed by atoms with Crippen LogP contribution in [0.4, 0.5) is 0 Å². The van der Waals surface area contributed by atoms with Crippen LogP contribution in [0.25, 0.3) is 22.3 Å². The van der Waals surface area contributed by atoms with Crippen molar-refractivity contribution in [2.24, 2.45) is 0 Å². The number of benzene rings is 8. The summed E-state index contributed by atoms with van der Waals surface area (Å²) in [6.45, 7) is 9.06. The SMILES string of the molecule is C/C=C\C=C/CCOCCOc1ccc(C2(c3ccc(OCCOC(=O)C(=C/CC(/C=C\C)=C/CC(=O)OCCOc4ccc(C5(c6ccc(C)cc6)c6ccccc6-c6ccccc65)cc4)/C(=C\C)C(=O)O)cc3)c3ccccc3-c3ccccc32)cc1.